The van der Waals surface area contributed by atoms with Gasteiger partial charge in [-0.1, -0.05) is 12.1 Å². The van der Waals surface area contributed by atoms with Crippen molar-refractivity contribution >= 4 is 34.6 Å². The summed E-state index contributed by atoms with van der Waals surface area (Å²) in [5.74, 6) is 1.16. The number of hydrogen-bond donors (Lipinski definition) is 1. The molecule has 1 aromatic heterocycles. The second-order valence-electron chi connectivity index (χ2n) is 8.98. The summed E-state index contributed by atoms with van der Waals surface area (Å²) in [6, 6.07) is 12.5. The third-order valence-electron chi connectivity index (χ3n) is 6.62. The molecule has 194 valence electrons. The van der Waals surface area contributed by atoms with Gasteiger partial charge in [-0.15, -0.1) is 11.3 Å². The third-order valence-corrected chi connectivity index (χ3v) is 7.63. The molecule has 0 spiro atoms. The minimum atomic E-state index is -0.274. The molecule has 1 aliphatic rings. The number of rotatable bonds is 9. The van der Waals surface area contributed by atoms with Crippen LogP contribution in [-0.2, 0) is 4.79 Å². The van der Waals surface area contributed by atoms with E-state index in [2.05, 4.69) is 10.3 Å². The quantitative estimate of drug-likeness (QED) is 0.394. The summed E-state index contributed by atoms with van der Waals surface area (Å²) in [7, 11) is 3.15. The summed E-state index contributed by atoms with van der Waals surface area (Å²) in [6.45, 7) is 3.14. The Hall–Kier alpha value is -3.72. The zero-order valence-corrected chi connectivity index (χ0v) is 22.1. The Balaban J connectivity index is 1.27. The van der Waals surface area contributed by atoms with Gasteiger partial charge in [0.2, 0.25) is 5.91 Å². The number of ether oxygens (including phenoxy) is 2. The van der Waals surface area contributed by atoms with Crippen molar-refractivity contribution in [2.45, 2.75) is 38.5 Å². The van der Waals surface area contributed by atoms with E-state index in [1.54, 1.807) is 49.9 Å². The molecule has 4 rings (SSSR count). The van der Waals surface area contributed by atoms with Crippen LogP contribution in [0.15, 0.2) is 47.8 Å². The molecule has 1 saturated heterocycles. The molecule has 3 aromatic rings. The number of para-hydroxylation sites is 1. The smallest absolute Gasteiger partial charge is 0.275 e. The third kappa shape index (κ3) is 6.35. The van der Waals surface area contributed by atoms with Crippen LogP contribution in [0, 0.1) is 6.92 Å². The van der Waals surface area contributed by atoms with Gasteiger partial charge >= 0.3 is 0 Å². The van der Waals surface area contributed by atoms with E-state index in [-0.39, 0.29) is 36.4 Å². The average Bonchev–Trinajstić information content (AvgIpc) is 3.43. The Morgan fingerprint density at radius 1 is 1.03 bits per heavy atom. The Morgan fingerprint density at radius 3 is 2.43 bits per heavy atom. The molecule has 2 aromatic carbocycles. The van der Waals surface area contributed by atoms with E-state index >= 15 is 0 Å². The number of amides is 2. The predicted octanol–water partition coefficient (Wildman–Crippen LogP) is 5.09. The van der Waals surface area contributed by atoms with Gasteiger partial charge < -0.3 is 19.7 Å². The lowest BCUT2D eigenvalue weighted by Crippen LogP contribution is -2.38. The number of nitrogens with one attached hydrogen (secondary N) is 1. The van der Waals surface area contributed by atoms with Crippen molar-refractivity contribution in [3.05, 3.63) is 69.7 Å². The molecular weight excluding hydrogens is 490 g/mol. The topological polar surface area (TPSA) is 97.8 Å². The van der Waals surface area contributed by atoms with E-state index in [1.807, 2.05) is 24.0 Å². The van der Waals surface area contributed by atoms with Gasteiger partial charge in [-0.05, 0) is 55.7 Å². The normalized spacial score (nSPS) is 13.8. The number of nitrogens with zero attached hydrogens (tertiary/aromatic N) is 2. The number of benzene rings is 2. The number of likely N-dealkylation sites (tertiary alicyclic amines) is 1. The van der Waals surface area contributed by atoms with Crippen LogP contribution in [0.1, 0.15) is 63.0 Å². The van der Waals surface area contributed by atoms with E-state index in [9.17, 15) is 14.4 Å². The number of hydrogen-bond acceptors (Lipinski definition) is 7. The lowest BCUT2D eigenvalue weighted by molar-refractivity contribution is -0.132. The fourth-order valence-electron chi connectivity index (χ4n) is 4.40. The van der Waals surface area contributed by atoms with E-state index in [4.69, 9.17) is 9.47 Å². The van der Waals surface area contributed by atoms with Crippen molar-refractivity contribution in [3.8, 4) is 11.5 Å². The fraction of sp³-hybridized carbons (Fsp3) is 0.357. The molecule has 0 bridgehead atoms. The largest absolute Gasteiger partial charge is 0.497 e. The minimum absolute atomic E-state index is 0.00769. The molecule has 9 heteroatoms. The SMILES string of the molecule is COc1ccc(C(=O)CCC(=O)N2CCC(c3nc(C(=O)Nc4c(C)cccc4OC)cs3)CC2)cc1. The lowest BCUT2D eigenvalue weighted by Gasteiger charge is -2.31. The van der Waals surface area contributed by atoms with Crippen molar-refractivity contribution in [2.75, 3.05) is 32.6 Å². The molecule has 2 amide bonds. The highest BCUT2D eigenvalue weighted by molar-refractivity contribution is 7.10. The average molecular weight is 522 g/mol. The first-order chi connectivity index (χ1) is 17.9. The van der Waals surface area contributed by atoms with Gasteiger partial charge in [0.15, 0.2) is 5.78 Å². The van der Waals surface area contributed by atoms with Crippen LogP contribution in [0.2, 0.25) is 0 Å². The number of piperidine rings is 1. The molecule has 0 atom stereocenters. The molecule has 37 heavy (non-hydrogen) atoms. The van der Waals surface area contributed by atoms with Crippen molar-refractivity contribution in [3.63, 3.8) is 0 Å². The van der Waals surface area contributed by atoms with Gasteiger partial charge in [0.1, 0.15) is 17.2 Å². The van der Waals surface area contributed by atoms with E-state index in [1.165, 1.54) is 11.3 Å². The van der Waals surface area contributed by atoms with Gasteiger partial charge in [-0.25, -0.2) is 4.98 Å². The molecule has 0 saturated carbocycles. The molecule has 0 radical (unpaired) electrons. The standard InChI is InChI=1S/C28H31N3O5S/c1-18-5-4-6-24(36-3)26(18)30-27(34)22-17-37-28(29-22)20-13-15-31(16-14-20)25(33)12-11-23(32)19-7-9-21(35-2)10-8-19/h4-10,17,20H,11-16H2,1-3H3,(H,30,34). The van der Waals surface area contributed by atoms with Crippen molar-refractivity contribution in [1.29, 1.82) is 0 Å². The van der Waals surface area contributed by atoms with Crippen LogP contribution in [0.25, 0.3) is 0 Å². The first-order valence-corrected chi connectivity index (χ1v) is 13.1. The summed E-state index contributed by atoms with van der Waals surface area (Å²) in [4.78, 5) is 44.4. The first-order valence-electron chi connectivity index (χ1n) is 12.2. The van der Waals surface area contributed by atoms with E-state index in [0.29, 0.717) is 41.5 Å². The van der Waals surface area contributed by atoms with Gasteiger partial charge in [-0.3, -0.25) is 14.4 Å². The molecule has 0 unspecified atom stereocenters. The van der Waals surface area contributed by atoms with Gasteiger partial charge in [0.05, 0.1) is 24.9 Å². The highest BCUT2D eigenvalue weighted by Gasteiger charge is 2.27. The van der Waals surface area contributed by atoms with Crippen molar-refractivity contribution in [2.24, 2.45) is 0 Å². The Bertz CT molecular complexity index is 1260. The second kappa shape index (κ2) is 12.0. The monoisotopic (exact) mass is 521 g/mol. The summed E-state index contributed by atoms with van der Waals surface area (Å²) < 4.78 is 10.5. The maximum absolute atomic E-state index is 12.8. The van der Waals surface area contributed by atoms with Crippen molar-refractivity contribution in [1.82, 2.24) is 9.88 Å². The highest BCUT2D eigenvalue weighted by atomic mass is 32.1. The maximum atomic E-state index is 12.8. The number of aromatic nitrogens is 1. The number of carbonyl (C=O) groups excluding carboxylic acids is 3. The second-order valence-corrected chi connectivity index (χ2v) is 9.87. The number of thiazole rings is 1. The van der Waals surface area contributed by atoms with Crippen LogP contribution >= 0.6 is 11.3 Å². The van der Waals surface area contributed by atoms with Crippen LogP contribution in [0.4, 0.5) is 5.69 Å². The number of carbonyl (C=O) groups is 3. The van der Waals surface area contributed by atoms with Gasteiger partial charge in [0, 0.05) is 42.8 Å². The molecule has 1 fully saturated rings. The highest BCUT2D eigenvalue weighted by Crippen LogP contribution is 2.32. The Labute approximate surface area is 220 Å². The summed E-state index contributed by atoms with van der Waals surface area (Å²) in [5, 5.41) is 5.60. The molecule has 1 N–H and O–H groups in total. The van der Waals surface area contributed by atoms with E-state index < -0.39 is 0 Å². The molecule has 2 heterocycles. The lowest BCUT2D eigenvalue weighted by atomic mass is 9.97. The number of ketones is 1. The molecular formula is C28H31N3O5S. The van der Waals surface area contributed by atoms with Gasteiger partial charge in [-0.2, -0.15) is 0 Å². The van der Waals surface area contributed by atoms with Gasteiger partial charge in [0.25, 0.3) is 5.91 Å². The number of methoxy groups -OCH3 is 2. The predicted molar refractivity (Wildman–Crippen MR) is 143 cm³/mol. The van der Waals surface area contributed by atoms with Crippen LogP contribution in [0.5, 0.6) is 11.5 Å². The van der Waals surface area contributed by atoms with E-state index in [0.717, 1.165) is 23.4 Å². The Morgan fingerprint density at radius 2 is 1.76 bits per heavy atom. The zero-order chi connectivity index (χ0) is 26.4. The maximum Gasteiger partial charge on any atom is 0.275 e. The number of Topliss-reactive ketones (excluding diaryl/α,β-unsaturated/α-hetero) is 1. The zero-order valence-electron chi connectivity index (χ0n) is 21.3. The summed E-state index contributed by atoms with van der Waals surface area (Å²) >= 11 is 1.47. The summed E-state index contributed by atoms with van der Waals surface area (Å²) in [5.41, 5.74) is 2.50. The van der Waals surface area contributed by atoms with Crippen molar-refractivity contribution < 1.29 is 23.9 Å². The Kier molecular flexibility index (Phi) is 8.55. The number of aryl methyl sites for hydroxylation is 1. The molecule has 8 nitrogen and oxygen atoms in total. The minimum Gasteiger partial charge on any atom is -0.497 e. The van der Waals surface area contributed by atoms with Crippen LogP contribution in [0.3, 0.4) is 0 Å². The summed E-state index contributed by atoms with van der Waals surface area (Å²) in [6.07, 6.45) is 1.93. The van der Waals surface area contributed by atoms with Crippen LogP contribution < -0.4 is 14.8 Å². The molecule has 1 aliphatic heterocycles. The molecule has 0 aliphatic carbocycles. The fourth-order valence-corrected chi connectivity index (χ4v) is 5.38. The van der Waals surface area contributed by atoms with Crippen LogP contribution in [-0.4, -0.2) is 54.8 Å². The first kappa shape index (κ1) is 26.3. The number of anilines is 1.